The van der Waals surface area contributed by atoms with Crippen molar-refractivity contribution in [1.82, 2.24) is 4.90 Å². The quantitative estimate of drug-likeness (QED) is 0.757. The fourth-order valence-electron chi connectivity index (χ4n) is 2.06. The van der Waals surface area contributed by atoms with Gasteiger partial charge in [0, 0.05) is 6.04 Å². The lowest BCUT2D eigenvalue weighted by Gasteiger charge is -2.29. The van der Waals surface area contributed by atoms with Crippen molar-refractivity contribution in [2.45, 2.75) is 31.8 Å². The van der Waals surface area contributed by atoms with E-state index in [1.807, 2.05) is 11.8 Å². The lowest BCUT2D eigenvalue weighted by atomic mass is 10.1. The Balaban J connectivity index is 2.18. The molecule has 0 heterocycles. The molecule has 2 nitrogen and oxygen atoms in total. The number of alkyl halides is 1. The van der Waals surface area contributed by atoms with E-state index in [4.69, 9.17) is 11.6 Å². The molecular formula is C13H15ClFNO. The van der Waals surface area contributed by atoms with Gasteiger partial charge in [-0.15, -0.1) is 11.6 Å². The Bertz CT molecular complexity index is 402. The first-order valence-corrected chi connectivity index (χ1v) is 6.29. The van der Waals surface area contributed by atoms with Crippen LogP contribution in [-0.2, 0) is 4.79 Å². The van der Waals surface area contributed by atoms with Gasteiger partial charge in [0.25, 0.3) is 0 Å². The van der Waals surface area contributed by atoms with Crippen molar-refractivity contribution in [3.05, 3.63) is 35.6 Å². The summed E-state index contributed by atoms with van der Waals surface area (Å²) < 4.78 is 12.8. The zero-order chi connectivity index (χ0) is 12.4. The van der Waals surface area contributed by atoms with Gasteiger partial charge in [0.1, 0.15) is 11.7 Å². The van der Waals surface area contributed by atoms with Crippen LogP contribution in [0.4, 0.5) is 4.39 Å². The van der Waals surface area contributed by atoms with Crippen LogP contribution in [0.3, 0.4) is 0 Å². The molecule has 0 N–H and O–H groups in total. The molecule has 1 fully saturated rings. The molecule has 17 heavy (non-hydrogen) atoms. The topological polar surface area (TPSA) is 20.3 Å². The zero-order valence-corrected chi connectivity index (χ0v) is 10.5. The molecule has 0 spiro atoms. The fraction of sp³-hybridized carbons (Fsp3) is 0.462. The van der Waals surface area contributed by atoms with Crippen molar-refractivity contribution in [3.8, 4) is 0 Å². The van der Waals surface area contributed by atoms with Gasteiger partial charge in [-0.05, 0) is 37.5 Å². The summed E-state index contributed by atoms with van der Waals surface area (Å²) in [5, 5.41) is 0. The molecule has 1 aliphatic rings. The summed E-state index contributed by atoms with van der Waals surface area (Å²) in [7, 11) is 0. The maximum Gasteiger partial charge on any atom is 0.238 e. The van der Waals surface area contributed by atoms with E-state index in [-0.39, 0.29) is 23.6 Å². The highest BCUT2D eigenvalue weighted by atomic mass is 35.5. The number of halogens is 2. The predicted octanol–water partition coefficient (Wildman–Crippen LogP) is 3.12. The Morgan fingerprint density at radius 2 is 2.06 bits per heavy atom. The van der Waals surface area contributed by atoms with E-state index in [1.54, 1.807) is 12.1 Å². The maximum atomic E-state index is 12.8. The van der Waals surface area contributed by atoms with Crippen LogP contribution in [0, 0.1) is 5.82 Å². The van der Waals surface area contributed by atoms with E-state index in [0.717, 1.165) is 18.4 Å². The standard InChI is InChI=1S/C13H15ClFNO/c1-9(10-2-4-11(15)5-3-10)16(12-6-7-12)13(17)8-14/h2-5,9,12H,6-8H2,1H3. The molecule has 0 radical (unpaired) electrons. The fourth-order valence-corrected chi connectivity index (χ4v) is 2.20. The first kappa shape index (κ1) is 12.4. The number of rotatable bonds is 4. The Morgan fingerprint density at radius 1 is 1.47 bits per heavy atom. The van der Waals surface area contributed by atoms with Crippen LogP contribution in [0.15, 0.2) is 24.3 Å². The number of benzene rings is 1. The molecule has 1 aromatic carbocycles. The molecule has 92 valence electrons. The van der Waals surface area contributed by atoms with Crippen molar-refractivity contribution in [2.75, 3.05) is 5.88 Å². The molecule has 2 rings (SSSR count). The van der Waals surface area contributed by atoms with Crippen molar-refractivity contribution in [1.29, 1.82) is 0 Å². The van der Waals surface area contributed by atoms with Gasteiger partial charge in [0.05, 0.1) is 6.04 Å². The van der Waals surface area contributed by atoms with Crippen LogP contribution in [0.1, 0.15) is 31.4 Å². The van der Waals surface area contributed by atoms with Gasteiger partial charge < -0.3 is 4.90 Å². The largest absolute Gasteiger partial charge is 0.332 e. The lowest BCUT2D eigenvalue weighted by Crippen LogP contribution is -2.36. The number of carbonyl (C=O) groups is 1. The number of carbonyl (C=O) groups excluding carboxylic acids is 1. The summed E-state index contributed by atoms with van der Waals surface area (Å²) in [5.41, 5.74) is 0.941. The highest BCUT2D eigenvalue weighted by Crippen LogP contribution is 2.34. The highest BCUT2D eigenvalue weighted by molar-refractivity contribution is 6.27. The van der Waals surface area contributed by atoms with E-state index < -0.39 is 0 Å². The average Bonchev–Trinajstić information content (AvgIpc) is 3.14. The van der Waals surface area contributed by atoms with Crippen LogP contribution < -0.4 is 0 Å². The van der Waals surface area contributed by atoms with Crippen molar-refractivity contribution >= 4 is 17.5 Å². The molecule has 0 aliphatic heterocycles. The SMILES string of the molecule is CC(c1ccc(F)cc1)N(C(=O)CCl)C1CC1. The van der Waals surface area contributed by atoms with Crippen LogP contribution in [0.25, 0.3) is 0 Å². The first-order valence-electron chi connectivity index (χ1n) is 5.76. The third kappa shape index (κ3) is 2.78. The molecule has 1 atom stereocenters. The van der Waals surface area contributed by atoms with E-state index >= 15 is 0 Å². The van der Waals surface area contributed by atoms with Crippen molar-refractivity contribution in [3.63, 3.8) is 0 Å². The van der Waals surface area contributed by atoms with E-state index in [0.29, 0.717) is 6.04 Å². The summed E-state index contributed by atoms with van der Waals surface area (Å²) in [6, 6.07) is 6.54. The second kappa shape index (κ2) is 5.05. The molecule has 0 bridgehead atoms. The maximum absolute atomic E-state index is 12.8. The smallest absolute Gasteiger partial charge is 0.238 e. The molecule has 0 aromatic heterocycles. The van der Waals surface area contributed by atoms with Gasteiger partial charge in [0.2, 0.25) is 5.91 Å². The van der Waals surface area contributed by atoms with E-state index in [9.17, 15) is 9.18 Å². The van der Waals surface area contributed by atoms with Gasteiger partial charge >= 0.3 is 0 Å². The number of hydrogen-bond acceptors (Lipinski definition) is 1. The monoisotopic (exact) mass is 255 g/mol. The number of amides is 1. The van der Waals surface area contributed by atoms with Gasteiger partial charge in [-0.3, -0.25) is 4.79 Å². The number of nitrogens with zero attached hydrogens (tertiary/aromatic N) is 1. The zero-order valence-electron chi connectivity index (χ0n) is 9.70. The molecular weight excluding hydrogens is 241 g/mol. The molecule has 1 amide bonds. The summed E-state index contributed by atoms with van der Waals surface area (Å²) in [4.78, 5) is 13.6. The minimum absolute atomic E-state index is 0.00202. The minimum Gasteiger partial charge on any atom is -0.332 e. The van der Waals surface area contributed by atoms with Crippen LogP contribution in [-0.4, -0.2) is 22.7 Å². The summed E-state index contributed by atoms with van der Waals surface area (Å²) in [6.45, 7) is 1.95. The Morgan fingerprint density at radius 3 is 2.53 bits per heavy atom. The Hall–Kier alpha value is -1.09. The van der Waals surface area contributed by atoms with Crippen molar-refractivity contribution in [2.24, 2.45) is 0 Å². The van der Waals surface area contributed by atoms with Crippen LogP contribution in [0.5, 0.6) is 0 Å². The van der Waals surface area contributed by atoms with E-state index in [1.165, 1.54) is 12.1 Å². The van der Waals surface area contributed by atoms with Gasteiger partial charge in [-0.2, -0.15) is 0 Å². The molecule has 1 aromatic rings. The second-order valence-electron chi connectivity index (χ2n) is 4.39. The molecule has 4 heteroatoms. The number of hydrogen-bond donors (Lipinski definition) is 0. The average molecular weight is 256 g/mol. The van der Waals surface area contributed by atoms with Crippen LogP contribution >= 0.6 is 11.6 Å². The minimum atomic E-state index is -0.261. The first-order chi connectivity index (χ1) is 8.13. The Kier molecular flexibility index (Phi) is 3.67. The second-order valence-corrected chi connectivity index (χ2v) is 4.66. The van der Waals surface area contributed by atoms with Gasteiger partial charge in [-0.1, -0.05) is 12.1 Å². The Labute approximate surface area is 105 Å². The van der Waals surface area contributed by atoms with E-state index in [2.05, 4.69) is 0 Å². The lowest BCUT2D eigenvalue weighted by molar-refractivity contribution is -0.131. The molecule has 1 saturated carbocycles. The van der Waals surface area contributed by atoms with Crippen molar-refractivity contribution < 1.29 is 9.18 Å². The normalized spacial score (nSPS) is 16.6. The van der Waals surface area contributed by atoms with Gasteiger partial charge in [0.15, 0.2) is 0 Å². The molecule has 1 aliphatic carbocycles. The van der Waals surface area contributed by atoms with Crippen LogP contribution in [0.2, 0.25) is 0 Å². The predicted molar refractivity (Wildman–Crippen MR) is 65.4 cm³/mol. The third-order valence-electron chi connectivity index (χ3n) is 3.11. The third-order valence-corrected chi connectivity index (χ3v) is 3.34. The highest BCUT2D eigenvalue weighted by Gasteiger charge is 2.35. The molecule has 0 saturated heterocycles. The van der Waals surface area contributed by atoms with Gasteiger partial charge in [-0.25, -0.2) is 4.39 Å². The summed E-state index contributed by atoms with van der Waals surface area (Å²) in [6.07, 6.45) is 2.07. The summed E-state index contributed by atoms with van der Waals surface area (Å²) >= 11 is 5.62. The summed E-state index contributed by atoms with van der Waals surface area (Å²) in [5.74, 6) is -0.309. The molecule has 1 unspecified atom stereocenters.